The number of benzene rings is 1. The van der Waals surface area contributed by atoms with Crippen LogP contribution in [0.4, 0.5) is 14.9 Å². The predicted octanol–water partition coefficient (Wildman–Crippen LogP) is 0.841. The summed E-state index contributed by atoms with van der Waals surface area (Å²) in [5.74, 6) is -0.368. The van der Waals surface area contributed by atoms with E-state index in [2.05, 4.69) is 30.3 Å². The summed E-state index contributed by atoms with van der Waals surface area (Å²) >= 11 is 0. The van der Waals surface area contributed by atoms with Gasteiger partial charge in [0.05, 0.1) is 37.1 Å². The van der Waals surface area contributed by atoms with Crippen molar-refractivity contribution in [2.45, 2.75) is 19.4 Å². The number of cyclic esters (lactones) is 1. The second kappa shape index (κ2) is 7.66. The molecule has 1 aliphatic rings. The average Bonchev–Trinajstić information content (AvgIpc) is 3.42. The van der Waals surface area contributed by atoms with Gasteiger partial charge in [-0.1, -0.05) is 10.4 Å². The number of halogens is 1. The first kappa shape index (κ1) is 18.5. The molecule has 1 fully saturated rings. The minimum atomic E-state index is -0.601. The number of anilines is 1. The SMILES string of the molecule is CC(=O)NC[C@H]1CN(c2ccc(-n3cc(Cc4ncon4)nn3)c(F)c2)C(=O)O1. The zero-order valence-electron chi connectivity index (χ0n) is 15.3. The van der Waals surface area contributed by atoms with Crippen molar-refractivity contribution >= 4 is 17.7 Å². The molecule has 0 saturated carbocycles. The van der Waals surface area contributed by atoms with Crippen molar-refractivity contribution in [1.82, 2.24) is 30.5 Å². The highest BCUT2D eigenvalue weighted by Gasteiger charge is 2.32. The highest BCUT2D eigenvalue weighted by molar-refractivity contribution is 5.90. The molecule has 2 amide bonds. The van der Waals surface area contributed by atoms with Crippen LogP contribution in [0.25, 0.3) is 5.69 Å². The molecule has 1 aromatic carbocycles. The van der Waals surface area contributed by atoms with E-state index in [1.807, 2.05) is 0 Å². The summed E-state index contributed by atoms with van der Waals surface area (Å²) in [6, 6.07) is 4.30. The third kappa shape index (κ3) is 4.05. The van der Waals surface area contributed by atoms with Crippen LogP contribution in [0.1, 0.15) is 18.4 Å². The largest absolute Gasteiger partial charge is 0.442 e. The van der Waals surface area contributed by atoms with Gasteiger partial charge >= 0.3 is 6.09 Å². The van der Waals surface area contributed by atoms with E-state index >= 15 is 0 Å². The van der Waals surface area contributed by atoms with Gasteiger partial charge < -0.3 is 14.6 Å². The lowest BCUT2D eigenvalue weighted by Crippen LogP contribution is -2.33. The second-order valence-electron chi connectivity index (χ2n) is 6.37. The number of rotatable bonds is 6. The van der Waals surface area contributed by atoms with Gasteiger partial charge in [0.1, 0.15) is 11.8 Å². The molecule has 3 heterocycles. The van der Waals surface area contributed by atoms with Crippen LogP contribution in [0.3, 0.4) is 0 Å². The summed E-state index contributed by atoms with van der Waals surface area (Å²) in [5.41, 5.74) is 1.05. The Bertz CT molecular complexity index is 1040. The Morgan fingerprint density at radius 2 is 2.28 bits per heavy atom. The standard InChI is InChI=1S/C17H16FN7O4/c1-10(26)19-6-13-8-24(17(27)29-13)12-2-3-15(14(18)5-12)25-7-11(21-23-25)4-16-20-9-28-22-16/h2-3,5,7,9,13H,4,6,8H2,1H3,(H,19,26)/t13-/m0/s1. The minimum Gasteiger partial charge on any atom is -0.442 e. The summed E-state index contributed by atoms with van der Waals surface area (Å²) < 4.78 is 25.8. The monoisotopic (exact) mass is 401 g/mol. The molecule has 0 unspecified atom stereocenters. The van der Waals surface area contributed by atoms with Crippen LogP contribution < -0.4 is 10.2 Å². The van der Waals surface area contributed by atoms with Gasteiger partial charge in [0.15, 0.2) is 11.6 Å². The first-order valence-electron chi connectivity index (χ1n) is 8.68. The number of aromatic nitrogens is 5. The topological polar surface area (TPSA) is 128 Å². The van der Waals surface area contributed by atoms with Crippen LogP contribution in [0, 0.1) is 5.82 Å². The first-order valence-corrected chi connectivity index (χ1v) is 8.68. The van der Waals surface area contributed by atoms with E-state index in [1.165, 1.54) is 35.0 Å². The normalized spacial score (nSPS) is 16.1. The molecule has 12 heteroatoms. The molecule has 1 saturated heterocycles. The molecule has 3 aromatic rings. The van der Waals surface area contributed by atoms with Gasteiger partial charge in [0.25, 0.3) is 0 Å². The molecular weight excluding hydrogens is 385 g/mol. The molecule has 1 aliphatic heterocycles. The van der Waals surface area contributed by atoms with Crippen LogP contribution in [0.15, 0.2) is 35.3 Å². The summed E-state index contributed by atoms with van der Waals surface area (Å²) in [5, 5.41) is 14.2. The van der Waals surface area contributed by atoms with Crippen molar-refractivity contribution in [3.8, 4) is 5.69 Å². The van der Waals surface area contributed by atoms with Crippen molar-refractivity contribution in [2.75, 3.05) is 18.0 Å². The van der Waals surface area contributed by atoms with E-state index in [0.717, 1.165) is 0 Å². The Kier molecular flexibility index (Phi) is 4.89. The Labute approximate surface area is 163 Å². The number of nitrogens with one attached hydrogen (secondary N) is 1. The Morgan fingerprint density at radius 1 is 1.41 bits per heavy atom. The maximum atomic E-state index is 14.7. The number of hydrogen-bond donors (Lipinski definition) is 1. The molecule has 1 atom stereocenters. The van der Waals surface area contributed by atoms with E-state index in [9.17, 15) is 14.0 Å². The fourth-order valence-electron chi connectivity index (χ4n) is 2.88. The molecule has 4 rings (SSSR count). The summed E-state index contributed by atoms with van der Waals surface area (Å²) in [7, 11) is 0. The van der Waals surface area contributed by atoms with E-state index in [0.29, 0.717) is 23.6 Å². The van der Waals surface area contributed by atoms with Crippen molar-refractivity contribution < 1.29 is 23.2 Å². The van der Waals surface area contributed by atoms with Crippen LogP contribution in [-0.4, -0.2) is 56.3 Å². The van der Waals surface area contributed by atoms with Gasteiger partial charge in [0.2, 0.25) is 12.3 Å². The van der Waals surface area contributed by atoms with Gasteiger partial charge in [-0.15, -0.1) is 5.10 Å². The minimum absolute atomic E-state index is 0.169. The lowest BCUT2D eigenvalue weighted by atomic mass is 10.2. The molecule has 150 valence electrons. The molecule has 2 aromatic heterocycles. The lowest BCUT2D eigenvalue weighted by molar-refractivity contribution is -0.119. The molecule has 0 radical (unpaired) electrons. The Morgan fingerprint density at radius 3 is 3.00 bits per heavy atom. The zero-order valence-corrected chi connectivity index (χ0v) is 15.3. The number of hydrogen-bond acceptors (Lipinski definition) is 8. The van der Waals surface area contributed by atoms with E-state index in [1.54, 1.807) is 12.3 Å². The summed E-state index contributed by atoms with van der Waals surface area (Å²) in [4.78, 5) is 28.3. The molecular formula is C17H16FN7O4. The van der Waals surface area contributed by atoms with Crippen molar-refractivity contribution in [2.24, 2.45) is 0 Å². The maximum Gasteiger partial charge on any atom is 0.414 e. The number of amides is 2. The van der Waals surface area contributed by atoms with Crippen molar-refractivity contribution in [1.29, 1.82) is 0 Å². The van der Waals surface area contributed by atoms with Crippen LogP contribution >= 0.6 is 0 Å². The number of carbonyl (C=O) groups is 2. The number of ether oxygens (including phenoxy) is 1. The Balaban J connectivity index is 1.48. The molecule has 29 heavy (non-hydrogen) atoms. The van der Waals surface area contributed by atoms with Crippen molar-refractivity contribution in [3.05, 3.63) is 48.1 Å². The lowest BCUT2D eigenvalue weighted by Gasteiger charge is -2.14. The van der Waals surface area contributed by atoms with Gasteiger partial charge in [-0.25, -0.2) is 13.9 Å². The molecule has 0 aliphatic carbocycles. The van der Waals surface area contributed by atoms with Gasteiger partial charge in [-0.3, -0.25) is 9.69 Å². The van der Waals surface area contributed by atoms with E-state index < -0.39 is 18.0 Å². The maximum absolute atomic E-state index is 14.7. The zero-order chi connectivity index (χ0) is 20.4. The molecule has 11 nitrogen and oxygen atoms in total. The third-order valence-electron chi connectivity index (χ3n) is 4.23. The van der Waals surface area contributed by atoms with Crippen LogP contribution in [0.2, 0.25) is 0 Å². The summed E-state index contributed by atoms with van der Waals surface area (Å²) in [6.07, 6.45) is 1.96. The predicted molar refractivity (Wildman–Crippen MR) is 94.7 cm³/mol. The fourth-order valence-corrected chi connectivity index (χ4v) is 2.88. The Hall–Kier alpha value is -3.83. The number of nitrogens with zero attached hydrogens (tertiary/aromatic N) is 6. The third-order valence-corrected chi connectivity index (χ3v) is 4.23. The van der Waals surface area contributed by atoms with Crippen LogP contribution in [-0.2, 0) is 16.0 Å². The smallest absolute Gasteiger partial charge is 0.414 e. The van der Waals surface area contributed by atoms with Gasteiger partial charge in [0, 0.05) is 6.92 Å². The first-order chi connectivity index (χ1) is 14.0. The molecule has 0 bridgehead atoms. The van der Waals surface area contributed by atoms with Crippen LogP contribution in [0.5, 0.6) is 0 Å². The molecule has 1 N–H and O–H groups in total. The second-order valence-corrected chi connectivity index (χ2v) is 6.37. The fraction of sp³-hybridized carbons (Fsp3) is 0.294. The highest BCUT2D eigenvalue weighted by Crippen LogP contribution is 2.25. The van der Waals surface area contributed by atoms with E-state index in [-0.39, 0.29) is 24.7 Å². The van der Waals surface area contributed by atoms with E-state index in [4.69, 9.17) is 4.74 Å². The molecule has 0 spiro atoms. The van der Waals surface area contributed by atoms with Gasteiger partial charge in [-0.05, 0) is 18.2 Å². The summed E-state index contributed by atoms with van der Waals surface area (Å²) in [6.45, 7) is 1.77. The highest BCUT2D eigenvalue weighted by atomic mass is 19.1. The van der Waals surface area contributed by atoms with Crippen molar-refractivity contribution in [3.63, 3.8) is 0 Å². The quantitative estimate of drug-likeness (QED) is 0.644. The van der Waals surface area contributed by atoms with Gasteiger partial charge in [-0.2, -0.15) is 4.98 Å². The number of carbonyl (C=O) groups excluding carboxylic acids is 2. The average molecular weight is 401 g/mol.